The Kier molecular flexibility index (Phi) is 12.1. The molecule has 4 heteroatoms. The Bertz CT molecular complexity index is 963. The summed E-state index contributed by atoms with van der Waals surface area (Å²) in [5, 5.41) is 0. The summed E-state index contributed by atoms with van der Waals surface area (Å²) in [4.78, 5) is 8.26. The van der Waals surface area contributed by atoms with Crippen LogP contribution in [0.1, 0.15) is 43.9 Å². The van der Waals surface area contributed by atoms with E-state index in [1.54, 1.807) is 6.20 Å². The van der Waals surface area contributed by atoms with Crippen molar-refractivity contribution in [2.24, 2.45) is 4.99 Å². The first-order valence-electron chi connectivity index (χ1n) is 11.7. The van der Waals surface area contributed by atoms with Crippen LogP contribution in [0.15, 0.2) is 89.7 Å². The van der Waals surface area contributed by atoms with Crippen molar-refractivity contribution in [3.63, 3.8) is 0 Å². The zero-order valence-electron chi connectivity index (χ0n) is 20.3. The van der Waals surface area contributed by atoms with Crippen LogP contribution in [-0.2, 0) is 13.0 Å². The molecule has 0 spiro atoms. The summed E-state index contributed by atoms with van der Waals surface area (Å²) in [6, 6.07) is 20.2. The van der Waals surface area contributed by atoms with Gasteiger partial charge < -0.3 is 9.47 Å². The van der Waals surface area contributed by atoms with E-state index in [0.717, 1.165) is 36.4 Å². The fraction of sp³-hybridized carbons (Fsp3) is 0.310. The predicted molar refractivity (Wildman–Crippen MR) is 138 cm³/mol. The summed E-state index contributed by atoms with van der Waals surface area (Å²) in [7, 11) is 0. The zero-order valence-corrected chi connectivity index (χ0v) is 20.3. The smallest absolute Gasteiger partial charge is 0.119 e. The molecule has 2 heterocycles. The molecule has 1 aliphatic rings. The number of dihydropyridines is 1. The lowest BCUT2D eigenvalue weighted by Gasteiger charge is -2.09. The molecule has 0 atom stereocenters. The van der Waals surface area contributed by atoms with E-state index in [-0.39, 0.29) is 0 Å². The Morgan fingerprint density at radius 3 is 2.06 bits per heavy atom. The van der Waals surface area contributed by atoms with Crippen LogP contribution < -0.4 is 9.47 Å². The standard InChI is InChI=1S/C14H15NO.C13H15NO.C2H6/c1-2-12-5-7-14(8-6-12)16-11-13-4-3-9-15-10-13;1-11-4-6-13(7-5-11)15-10-12-3-2-8-14-9-12;1-2/h3-10H,2,11H2,1H3;3-7,9H,2,8,10H2,1H3;1-2H3. The predicted octanol–water partition coefficient (Wildman–Crippen LogP) is 7.02. The maximum atomic E-state index is 5.65. The quantitative estimate of drug-likeness (QED) is 0.393. The second-order valence-corrected chi connectivity index (χ2v) is 7.35. The molecule has 0 N–H and O–H groups in total. The van der Waals surface area contributed by atoms with Crippen molar-refractivity contribution in [1.82, 2.24) is 4.98 Å². The number of benzene rings is 2. The minimum absolute atomic E-state index is 0.569. The van der Waals surface area contributed by atoms with Gasteiger partial charge in [-0.1, -0.05) is 62.7 Å². The summed E-state index contributed by atoms with van der Waals surface area (Å²) < 4.78 is 11.3. The van der Waals surface area contributed by atoms with E-state index in [2.05, 4.69) is 54.2 Å². The molecule has 3 aromatic rings. The molecular weight excluding hydrogens is 408 g/mol. The molecule has 33 heavy (non-hydrogen) atoms. The number of aliphatic imine (C=N–C) groups is 1. The molecule has 2 aromatic carbocycles. The highest BCUT2D eigenvalue weighted by atomic mass is 16.5. The van der Waals surface area contributed by atoms with Crippen LogP contribution in [0.25, 0.3) is 0 Å². The van der Waals surface area contributed by atoms with Gasteiger partial charge in [0.05, 0.1) is 0 Å². The maximum absolute atomic E-state index is 5.65. The number of rotatable bonds is 7. The number of hydrogen-bond acceptors (Lipinski definition) is 4. The largest absolute Gasteiger partial charge is 0.489 e. The molecule has 0 unspecified atom stereocenters. The average Bonchev–Trinajstić information content (AvgIpc) is 2.90. The molecule has 0 radical (unpaired) electrons. The van der Waals surface area contributed by atoms with Crippen molar-refractivity contribution < 1.29 is 9.47 Å². The fourth-order valence-electron chi connectivity index (χ4n) is 2.93. The van der Waals surface area contributed by atoms with E-state index in [1.165, 1.54) is 16.7 Å². The summed E-state index contributed by atoms with van der Waals surface area (Å²) in [5.41, 5.74) is 4.83. The lowest BCUT2D eigenvalue weighted by Crippen LogP contribution is -2.05. The van der Waals surface area contributed by atoms with Gasteiger partial charge in [0, 0.05) is 36.3 Å². The Morgan fingerprint density at radius 1 is 0.818 bits per heavy atom. The van der Waals surface area contributed by atoms with Crippen LogP contribution in [0.5, 0.6) is 11.5 Å². The molecule has 0 fully saturated rings. The lowest BCUT2D eigenvalue weighted by molar-refractivity contribution is 0.305. The van der Waals surface area contributed by atoms with E-state index in [1.807, 2.05) is 62.7 Å². The Hall–Kier alpha value is -3.40. The maximum Gasteiger partial charge on any atom is 0.119 e. The monoisotopic (exact) mass is 444 g/mol. The summed E-state index contributed by atoms with van der Waals surface area (Å²) in [5.74, 6) is 1.82. The van der Waals surface area contributed by atoms with Gasteiger partial charge in [-0.25, -0.2) is 0 Å². The zero-order chi connectivity index (χ0) is 23.7. The van der Waals surface area contributed by atoms with Crippen molar-refractivity contribution >= 4 is 6.21 Å². The van der Waals surface area contributed by atoms with Crippen LogP contribution in [0.3, 0.4) is 0 Å². The van der Waals surface area contributed by atoms with Crippen LogP contribution in [0, 0.1) is 6.92 Å². The third-order valence-electron chi connectivity index (χ3n) is 4.81. The van der Waals surface area contributed by atoms with Gasteiger partial charge >= 0.3 is 0 Å². The minimum Gasteiger partial charge on any atom is -0.489 e. The first kappa shape index (κ1) is 25.9. The van der Waals surface area contributed by atoms with Crippen LogP contribution in [0.4, 0.5) is 0 Å². The summed E-state index contributed by atoms with van der Waals surface area (Å²) in [6.45, 7) is 10.3. The van der Waals surface area contributed by atoms with Crippen LogP contribution >= 0.6 is 0 Å². The van der Waals surface area contributed by atoms with Crippen molar-refractivity contribution in [1.29, 1.82) is 0 Å². The minimum atomic E-state index is 0.569. The number of ether oxygens (including phenoxy) is 2. The van der Waals surface area contributed by atoms with Gasteiger partial charge in [0.25, 0.3) is 0 Å². The van der Waals surface area contributed by atoms with Gasteiger partial charge in [-0.3, -0.25) is 9.98 Å². The highest BCUT2D eigenvalue weighted by Crippen LogP contribution is 2.14. The first-order valence-corrected chi connectivity index (χ1v) is 11.7. The van der Waals surface area contributed by atoms with Gasteiger partial charge in [-0.05, 0) is 55.7 Å². The van der Waals surface area contributed by atoms with E-state index >= 15 is 0 Å². The van der Waals surface area contributed by atoms with Crippen molar-refractivity contribution in [2.75, 3.05) is 13.2 Å². The molecule has 1 aromatic heterocycles. The SMILES string of the molecule is CC.CCc1ccc(OCc2cccnc2)cc1.Cc1ccc(OCC2=CCCN=C2)cc1. The summed E-state index contributed by atoms with van der Waals surface area (Å²) in [6.07, 6.45) is 9.75. The third-order valence-corrected chi connectivity index (χ3v) is 4.81. The van der Waals surface area contributed by atoms with E-state index in [4.69, 9.17) is 9.47 Å². The molecule has 0 saturated heterocycles. The van der Waals surface area contributed by atoms with Crippen molar-refractivity contribution in [2.45, 2.75) is 47.1 Å². The second-order valence-electron chi connectivity index (χ2n) is 7.35. The van der Waals surface area contributed by atoms with E-state index in [9.17, 15) is 0 Å². The third kappa shape index (κ3) is 10.2. The van der Waals surface area contributed by atoms with Gasteiger partial charge in [0.15, 0.2) is 0 Å². The molecule has 174 valence electrons. The molecule has 4 rings (SSSR count). The second kappa shape index (κ2) is 15.4. The molecule has 0 aliphatic carbocycles. The summed E-state index contributed by atoms with van der Waals surface area (Å²) >= 11 is 0. The number of hydrogen-bond donors (Lipinski definition) is 0. The number of aryl methyl sites for hydroxylation is 2. The molecular formula is C29H36N2O2. The molecule has 0 amide bonds. The Labute approximate surface area is 199 Å². The Balaban J connectivity index is 0.000000218. The normalized spacial score (nSPS) is 11.8. The molecule has 4 nitrogen and oxygen atoms in total. The average molecular weight is 445 g/mol. The van der Waals surface area contributed by atoms with Gasteiger partial charge in [-0.15, -0.1) is 0 Å². The van der Waals surface area contributed by atoms with Gasteiger partial charge in [0.1, 0.15) is 24.7 Å². The van der Waals surface area contributed by atoms with Gasteiger partial charge in [-0.2, -0.15) is 0 Å². The molecule has 1 aliphatic heterocycles. The van der Waals surface area contributed by atoms with Crippen molar-refractivity contribution in [3.8, 4) is 11.5 Å². The molecule has 0 saturated carbocycles. The van der Waals surface area contributed by atoms with Crippen molar-refractivity contribution in [3.05, 3.63) is 101 Å². The number of aromatic nitrogens is 1. The van der Waals surface area contributed by atoms with E-state index in [0.29, 0.717) is 13.2 Å². The Morgan fingerprint density at radius 2 is 1.48 bits per heavy atom. The highest BCUT2D eigenvalue weighted by molar-refractivity contribution is 5.79. The number of nitrogens with zero attached hydrogens (tertiary/aromatic N) is 2. The topological polar surface area (TPSA) is 43.7 Å². The molecule has 0 bridgehead atoms. The lowest BCUT2D eigenvalue weighted by atomic mass is 10.2. The fourth-order valence-corrected chi connectivity index (χ4v) is 2.93. The number of pyridine rings is 1. The van der Waals surface area contributed by atoms with E-state index < -0.39 is 0 Å². The first-order chi connectivity index (χ1) is 16.2. The van der Waals surface area contributed by atoms with Crippen LogP contribution in [-0.4, -0.2) is 24.4 Å². The van der Waals surface area contributed by atoms with Gasteiger partial charge in [0.2, 0.25) is 0 Å². The highest BCUT2D eigenvalue weighted by Gasteiger charge is 2.00. The van der Waals surface area contributed by atoms with Crippen LogP contribution in [0.2, 0.25) is 0 Å².